The van der Waals surface area contributed by atoms with E-state index < -0.39 is 24.0 Å². The van der Waals surface area contributed by atoms with Gasteiger partial charge in [-0.3, -0.25) is 10.1 Å². The summed E-state index contributed by atoms with van der Waals surface area (Å²) < 4.78 is 5.74. The zero-order valence-corrected chi connectivity index (χ0v) is 25.3. The lowest BCUT2D eigenvalue weighted by molar-refractivity contribution is -0.154. The number of phenolic OH excluding ortho intramolecular Hbond substituents is 1. The van der Waals surface area contributed by atoms with Crippen LogP contribution in [0.4, 0.5) is 10.5 Å². The van der Waals surface area contributed by atoms with Gasteiger partial charge in [-0.05, 0) is 75.5 Å². The van der Waals surface area contributed by atoms with Crippen LogP contribution in [0.3, 0.4) is 0 Å². The molecule has 3 N–H and O–H groups in total. The molecule has 0 spiro atoms. The summed E-state index contributed by atoms with van der Waals surface area (Å²) in [5.41, 5.74) is 7.44. The summed E-state index contributed by atoms with van der Waals surface area (Å²) in [6.45, 7) is 4.04. The molecule has 0 aromatic heterocycles. The van der Waals surface area contributed by atoms with Gasteiger partial charge in [0.25, 0.3) is 0 Å². The number of carbonyl (C=O) groups excluding carboxylic acids is 2. The predicted octanol–water partition coefficient (Wildman–Crippen LogP) is 6.92. The van der Waals surface area contributed by atoms with Gasteiger partial charge in [0.05, 0.1) is 5.92 Å². The van der Waals surface area contributed by atoms with Crippen molar-refractivity contribution < 1.29 is 29.3 Å². The van der Waals surface area contributed by atoms with Crippen LogP contribution in [0.5, 0.6) is 5.75 Å². The van der Waals surface area contributed by atoms with E-state index in [1.807, 2.05) is 44.2 Å². The number of carboxylic acids is 1. The van der Waals surface area contributed by atoms with Crippen molar-refractivity contribution in [3.63, 3.8) is 0 Å². The lowest BCUT2D eigenvalue weighted by atomic mass is 9.82. The van der Waals surface area contributed by atoms with Gasteiger partial charge in [0.15, 0.2) is 0 Å². The highest BCUT2D eigenvalue weighted by Gasteiger charge is 2.41. The quantitative estimate of drug-likeness (QED) is 0.191. The van der Waals surface area contributed by atoms with Crippen molar-refractivity contribution in [1.82, 2.24) is 4.90 Å². The average Bonchev–Trinajstić information content (AvgIpc) is 3.36. The van der Waals surface area contributed by atoms with Crippen LogP contribution in [0.1, 0.15) is 59.9 Å². The highest BCUT2D eigenvalue weighted by Crippen LogP contribution is 2.44. The number of carboxylic acid groups (broad SMARTS) is 1. The lowest BCUT2D eigenvalue weighted by Gasteiger charge is -2.39. The Morgan fingerprint density at radius 3 is 2.18 bits per heavy atom. The molecule has 4 aromatic carbocycles. The Morgan fingerprint density at radius 1 is 0.911 bits per heavy atom. The lowest BCUT2D eigenvalue weighted by Crippen LogP contribution is -2.52. The number of nitrogens with one attached hydrogen (secondary N) is 1. The zero-order valence-electron chi connectivity index (χ0n) is 25.3. The van der Waals surface area contributed by atoms with E-state index in [0.29, 0.717) is 18.5 Å². The molecule has 0 fully saturated rings. The van der Waals surface area contributed by atoms with E-state index >= 15 is 0 Å². The van der Waals surface area contributed by atoms with Crippen molar-refractivity contribution in [2.75, 3.05) is 11.9 Å². The van der Waals surface area contributed by atoms with Gasteiger partial charge in [0, 0.05) is 18.2 Å². The fourth-order valence-electron chi connectivity index (χ4n) is 6.71. The predicted molar refractivity (Wildman–Crippen MR) is 171 cm³/mol. The van der Waals surface area contributed by atoms with E-state index in [1.165, 1.54) is 4.90 Å². The van der Waals surface area contributed by atoms with Gasteiger partial charge in [0.2, 0.25) is 5.91 Å². The maximum atomic E-state index is 13.9. The van der Waals surface area contributed by atoms with Crippen LogP contribution in [-0.4, -0.2) is 45.7 Å². The van der Waals surface area contributed by atoms with Crippen LogP contribution < -0.4 is 5.32 Å². The molecule has 0 saturated heterocycles. The zero-order chi connectivity index (χ0) is 31.7. The van der Waals surface area contributed by atoms with Gasteiger partial charge in [-0.25, -0.2) is 9.59 Å². The number of ether oxygens (including phenoxy) is 1. The summed E-state index contributed by atoms with van der Waals surface area (Å²) in [5.74, 6) is -2.11. The molecule has 8 nitrogen and oxygen atoms in total. The molecule has 45 heavy (non-hydrogen) atoms. The molecule has 0 bridgehead atoms. The van der Waals surface area contributed by atoms with Crippen LogP contribution >= 0.6 is 0 Å². The molecule has 0 radical (unpaired) electrons. The third-order valence-corrected chi connectivity index (χ3v) is 9.18. The van der Waals surface area contributed by atoms with Gasteiger partial charge in [0.1, 0.15) is 18.4 Å². The van der Waals surface area contributed by atoms with Crippen LogP contribution in [0.25, 0.3) is 11.1 Å². The number of fused-ring (bicyclic) bond motifs is 4. The van der Waals surface area contributed by atoms with Gasteiger partial charge in [-0.1, -0.05) is 87.0 Å². The molecule has 1 aliphatic carbocycles. The first-order valence-electron chi connectivity index (χ1n) is 15.3. The Morgan fingerprint density at radius 2 is 1.56 bits per heavy atom. The molecule has 4 aromatic rings. The minimum Gasteiger partial charge on any atom is -0.508 e. The Labute approximate surface area is 262 Å². The van der Waals surface area contributed by atoms with Crippen LogP contribution in [-0.2, 0) is 27.3 Å². The van der Waals surface area contributed by atoms with E-state index in [2.05, 4.69) is 29.6 Å². The number of hydrogen-bond donors (Lipinski definition) is 3. The Kier molecular flexibility index (Phi) is 8.30. The first kappa shape index (κ1) is 29.9. The summed E-state index contributed by atoms with van der Waals surface area (Å²) in [4.78, 5) is 40.8. The number of aliphatic carboxylic acids is 1. The number of amides is 2. The van der Waals surface area contributed by atoms with Crippen LogP contribution in [0.15, 0.2) is 91.0 Å². The molecule has 1 aliphatic heterocycles. The number of aromatic hydroxyl groups is 1. The Bertz CT molecular complexity index is 1700. The average molecular weight is 605 g/mol. The Balaban J connectivity index is 1.23. The van der Waals surface area contributed by atoms with E-state index in [9.17, 15) is 24.6 Å². The number of carbonyl (C=O) groups is 3. The summed E-state index contributed by atoms with van der Waals surface area (Å²) in [5, 5.41) is 22.7. The second kappa shape index (κ2) is 12.5. The molecule has 2 amide bonds. The second-order valence-corrected chi connectivity index (χ2v) is 11.9. The molecule has 0 saturated carbocycles. The second-order valence-electron chi connectivity index (χ2n) is 11.9. The summed E-state index contributed by atoms with van der Waals surface area (Å²) >= 11 is 0. The molecule has 3 atom stereocenters. The highest BCUT2D eigenvalue weighted by molar-refractivity contribution is 5.91. The van der Waals surface area contributed by atoms with Crippen LogP contribution in [0.2, 0.25) is 0 Å². The van der Waals surface area contributed by atoms with E-state index in [1.54, 1.807) is 36.4 Å². The van der Waals surface area contributed by atoms with Gasteiger partial charge in [-0.2, -0.15) is 0 Å². The fourth-order valence-corrected chi connectivity index (χ4v) is 6.71. The summed E-state index contributed by atoms with van der Waals surface area (Å²) in [7, 11) is 0. The number of phenols is 1. The SMILES string of the molecule is CC[C@H](C)[C@@H](C(=O)O)N1Cc2cc(NC(=O)OCC3c4ccccc4-c4ccccc43)ccc2[C@H](Cc2ccc(O)cc2)C1=O. The van der Waals surface area contributed by atoms with Crippen molar-refractivity contribution in [3.8, 4) is 16.9 Å². The third kappa shape index (κ3) is 5.88. The summed E-state index contributed by atoms with van der Waals surface area (Å²) in [6.07, 6.45) is 0.345. The minimum absolute atomic E-state index is 0.0691. The summed E-state index contributed by atoms with van der Waals surface area (Å²) in [6, 6.07) is 27.3. The molecular formula is C37H36N2O6. The molecule has 8 heteroatoms. The van der Waals surface area contributed by atoms with Crippen LogP contribution in [0, 0.1) is 5.92 Å². The molecule has 1 heterocycles. The van der Waals surface area contributed by atoms with E-state index in [0.717, 1.165) is 38.9 Å². The van der Waals surface area contributed by atoms with Crippen molar-refractivity contribution in [2.45, 2.75) is 51.1 Å². The smallest absolute Gasteiger partial charge is 0.411 e. The molecular weight excluding hydrogens is 568 g/mol. The number of nitrogens with zero attached hydrogens (tertiary/aromatic N) is 1. The number of anilines is 1. The van der Waals surface area contributed by atoms with Crippen molar-refractivity contribution in [3.05, 3.63) is 119 Å². The largest absolute Gasteiger partial charge is 0.508 e. The molecule has 0 unspecified atom stereocenters. The molecule has 230 valence electrons. The van der Waals surface area contributed by atoms with Crippen molar-refractivity contribution in [1.29, 1.82) is 0 Å². The first-order chi connectivity index (χ1) is 21.7. The number of rotatable bonds is 9. The maximum absolute atomic E-state index is 13.9. The molecule has 6 rings (SSSR count). The van der Waals surface area contributed by atoms with Crippen molar-refractivity contribution >= 4 is 23.7 Å². The van der Waals surface area contributed by atoms with E-state index in [4.69, 9.17) is 4.74 Å². The van der Waals surface area contributed by atoms with Gasteiger partial charge >= 0.3 is 12.1 Å². The third-order valence-electron chi connectivity index (χ3n) is 9.18. The number of hydrogen-bond acceptors (Lipinski definition) is 5. The number of benzene rings is 4. The first-order valence-corrected chi connectivity index (χ1v) is 15.3. The van der Waals surface area contributed by atoms with E-state index in [-0.39, 0.29) is 36.6 Å². The Hall–Kier alpha value is -5.11. The monoisotopic (exact) mass is 604 g/mol. The van der Waals surface area contributed by atoms with Gasteiger partial charge in [-0.15, -0.1) is 0 Å². The van der Waals surface area contributed by atoms with Gasteiger partial charge < -0.3 is 19.8 Å². The molecule has 2 aliphatic rings. The standard InChI is InChI=1S/C37H36N2O6/c1-3-22(2)34(36(42)43)39-20-24-19-25(14-17-27(24)32(35(39)41)18-23-12-15-26(40)16-13-23)38-37(44)45-21-33-30-10-6-4-8-28(30)29-9-5-7-11-31(29)33/h4-17,19,22,32-34,40H,3,18,20-21H2,1-2H3,(H,38,44)(H,42,43)/t22-,32-,34-/m0/s1. The highest BCUT2D eigenvalue weighted by atomic mass is 16.5. The maximum Gasteiger partial charge on any atom is 0.411 e. The van der Waals surface area contributed by atoms with Crippen molar-refractivity contribution in [2.24, 2.45) is 5.92 Å². The fraction of sp³-hybridized carbons (Fsp3) is 0.270. The minimum atomic E-state index is -1.04. The topological polar surface area (TPSA) is 116 Å². The normalized spacial score (nSPS) is 16.7.